The normalized spacial score (nSPS) is 10.9. The molecule has 0 saturated heterocycles. The van der Waals surface area contributed by atoms with E-state index in [-0.39, 0.29) is 5.91 Å². The minimum atomic E-state index is 0.0622. The van der Waals surface area contributed by atoms with Crippen molar-refractivity contribution in [3.05, 3.63) is 56.7 Å². The van der Waals surface area contributed by atoms with Gasteiger partial charge in [-0.15, -0.1) is 34.4 Å². The summed E-state index contributed by atoms with van der Waals surface area (Å²) in [6, 6.07) is 10.6. The average molecular weight is 403 g/mol. The summed E-state index contributed by atoms with van der Waals surface area (Å²) < 4.78 is 0. The molecule has 3 aromatic rings. The highest BCUT2D eigenvalue weighted by atomic mass is 32.2. The van der Waals surface area contributed by atoms with Crippen LogP contribution in [-0.2, 0) is 11.2 Å². The number of nitrogens with zero attached hydrogens (tertiary/aromatic N) is 1. The highest BCUT2D eigenvalue weighted by molar-refractivity contribution is 7.99. The number of benzene rings is 1. The maximum Gasteiger partial charge on any atom is 0.225 e. The number of carbonyl (C=O) groups is 1. The number of thiophene rings is 1. The Balaban J connectivity index is 1.50. The molecular weight excluding hydrogens is 380 g/mol. The smallest absolute Gasteiger partial charge is 0.225 e. The summed E-state index contributed by atoms with van der Waals surface area (Å²) in [5, 5.41) is 6.07. The average Bonchev–Trinajstić information content (AvgIpc) is 3.24. The van der Waals surface area contributed by atoms with Crippen LogP contribution in [-0.4, -0.2) is 23.2 Å². The topological polar surface area (TPSA) is 42.0 Å². The number of aryl methyl sites for hydroxylation is 3. The van der Waals surface area contributed by atoms with Crippen LogP contribution in [0.1, 0.15) is 21.0 Å². The maximum absolute atomic E-state index is 12.3. The fourth-order valence-corrected chi connectivity index (χ4v) is 5.19. The number of thiazole rings is 1. The maximum atomic E-state index is 12.3. The highest BCUT2D eigenvalue weighted by Crippen LogP contribution is 2.31. The zero-order valence-electron chi connectivity index (χ0n) is 15.2. The standard InChI is InChI=1S/C20H22N2OS3/c1-13-6-7-16(11-14(13)2)24-10-8-21-19(23)12-18-20(22-15(3)26-18)17-5-4-9-25-17/h4-7,9,11H,8,10,12H2,1-3H3,(H,21,23). The van der Waals surface area contributed by atoms with Crippen LogP contribution in [0.15, 0.2) is 40.6 Å². The molecule has 0 bridgehead atoms. The summed E-state index contributed by atoms with van der Waals surface area (Å²) in [5.74, 6) is 0.931. The molecule has 0 spiro atoms. The molecule has 0 aliphatic heterocycles. The Hall–Kier alpha value is -1.63. The highest BCUT2D eigenvalue weighted by Gasteiger charge is 2.15. The van der Waals surface area contributed by atoms with Crippen molar-refractivity contribution in [2.45, 2.75) is 32.1 Å². The van der Waals surface area contributed by atoms with Crippen molar-refractivity contribution < 1.29 is 4.79 Å². The van der Waals surface area contributed by atoms with Crippen LogP contribution in [0.25, 0.3) is 10.6 Å². The monoisotopic (exact) mass is 402 g/mol. The minimum Gasteiger partial charge on any atom is -0.355 e. The van der Waals surface area contributed by atoms with Gasteiger partial charge in [-0.25, -0.2) is 4.98 Å². The van der Waals surface area contributed by atoms with E-state index < -0.39 is 0 Å². The first-order valence-electron chi connectivity index (χ1n) is 8.50. The number of thioether (sulfide) groups is 1. The van der Waals surface area contributed by atoms with Gasteiger partial charge in [0.05, 0.1) is 22.0 Å². The number of aromatic nitrogens is 1. The molecule has 0 fully saturated rings. The zero-order chi connectivity index (χ0) is 18.5. The Kier molecular flexibility index (Phi) is 6.51. The number of rotatable bonds is 7. The molecule has 2 aromatic heterocycles. The van der Waals surface area contributed by atoms with Crippen LogP contribution >= 0.6 is 34.4 Å². The number of hydrogen-bond acceptors (Lipinski definition) is 5. The van der Waals surface area contributed by atoms with E-state index in [1.54, 1.807) is 34.4 Å². The Morgan fingerprint density at radius 2 is 2.04 bits per heavy atom. The lowest BCUT2D eigenvalue weighted by atomic mass is 10.1. The molecule has 1 aromatic carbocycles. The molecule has 0 radical (unpaired) electrons. The van der Waals surface area contributed by atoms with Gasteiger partial charge in [0.25, 0.3) is 0 Å². The summed E-state index contributed by atoms with van der Waals surface area (Å²) in [5.41, 5.74) is 3.58. The molecule has 3 nitrogen and oxygen atoms in total. The largest absolute Gasteiger partial charge is 0.355 e. The third-order valence-electron chi connectivity index (χ3n) is 4.05. The van der Waals surface area contributed by atoms with E-state index >= 15 is 0 Å². The van der Waals surface area contributed by atoms with Gasteiger partial charge >= 0.3 is 0 Å². The van der Waals surface area contributed by atoms with Gasteiger partial charge < -0.3 is 5.32 Å². The Bertz CT molecular complexity index is 885. The first-order valence-corrected chi connectivity index (χ1v) is 11.2. The lowest BCUT2D eigenvalue weighted by Gasteiger charge is -2.07. The van der Waals surface area contributed by atoms with Gasteiger partial charge in [0.2, 0.25) is 5.91 Å². The molecular formula is C20H22N2OS3. The summed E-state index contributed by atoms with van der Waals surface area (Å²) in [7, 11) is 0. The SMILES string of the molecule is Cc1nc(-c2cccs2)c(CC(=O)NCCSc2ccc(C)c(C)c2)s1. The molecule has 0 aliphatic rings. The lowest BCUT2D eigenvalue weighted by Crippen LogP contribution is -2.27. The minimum absolute atomic E-state index is 0.0622. The lowest BCUT2D eigenvalue weighted by molar-refractivity contribution is -0.120. The molecule has 3 rings (SSSR count). The third kappa shape index (κ3) is 4.96. The Labute approximate surface area is 166 Å². The van der Waals surface area contributed by atoms with Gasteiger partial charge in [-0.2, -0.15) is 0 Å². The predicted octanol–water partition coefficient (Wildman–Crippen LogP) is 5.25. The first-order chi connectivity index (χ1) is 12.5. The Morgan fingerprint density at radius 1 is 1.19 bits per heavy atom. The number of hydrogen-bond donors (Lipinski definition) is 1. The van der Waals surface area contributed by atoms with Crippen molar-refractivity contribution in [3.8, 4) is 10.6 Å². The Morgan fingerprint density at radius 3 is 2.77 bits per heavy atom. The van der Waals surface area contributed by atoms with Gasteiger partial charge in [0.1, 0.15) is 0 Å². The van der Waals surface area contributed by atoms with E-state index in [4.69, 9.17) is 0 Å². The second-order valence-electron chi connectivity index (χ2n) is 6.10. The predicted molar refractivity (Wildman–Crippen MR) is 114 cm³/mol. The van der Waals surface area contributed by atoms with Gasteiger partial charge in [0, 0.05) is 22.1 Å². The van der Waals surface area contributed by atoms with Gasteiger partial charge in [0.15, 0.2) is 0 Å². The molecule has 2 heterocycles. The third-order valence-corrected chi connectivity index (χ3v) is 6.89. The zero-order valence-corrected chi connectivity index (χ0v) is 17.6. The van der Waals surface area contributed by atoms with E-state index in [2.05, 4.69) is 48.4 Å². The number of carbonyl (C=O) groups excluding carboxylic acids is 1. The van der Waals surface area contributed by atoms with Crippen LogP contribution in [0.2, 0.25) is 0 Å². The van der Waals surface area contributed by atoms with Crippen molar-refractivity contribution >= 4 is 40.3 Å². The first kappa shape index (κ1) is 19.1. The molecule has 26 heavy (non-hydrogen) atoms. The fraction of sp³-hybridized carbons (Fsp3) is 0.300. The van der Waals surface area contributed by atoms with Crippen molar-refractivity contribution in [3.63, 3.8) is 0 Å². The van der Waals surface area contributed by atoms with Crippen LogP contribution in [0.5, 0.6) is 0 Å². The van der Waals surface area contributed by atoms with Crippen LogP contribution in [0.4, 0.5) is 0 Å². The van der Waals surface area contributed by atoms with Crippen LogP contribution < -0.4 is 5.32 Å². The molecule has 6 heteroatoms. The molecule has 0 aliphatic carbocycles. The molecule has 0 atom stereocenters. The number of amides is 1. The second kappa shape index (κ2) is 8.84. The van der Waals surface area contributed by atoms with E-state index in [9.17, 15) is 4.79 Å². The summed E-state index contributed by atoms with van der Waals surface area (Å²) in [6.07, 6.45) is 0.396. The van der Waals surface area contributed by atoms with Gasteiger partial charge in [-0.1, -0.05) is 12.1 Å². The summed E-state index contributed by atoms with van der Waals surface area (Å²) in [4.78, 5) is 20.3. The van der Waals surface area contributed by atoms with E-state index in [0.717, 1.165) is 26.2 Å². The molecule has 0 saturated carbocycles. The fourth-order valence-electron chi connectivity index (χ4n) is 2.57. The van der Waals surface area contributed by atoms with Gasteiger partial charge in [-0.3, -0.25) is 4.79 Å². The van der Waals surface area contributed by atoms with E-state index in [1.165, 1.54) is 16.0 Å². The quantitative estimate of drug-likeness (QED) is 0.434. The number of nitrogens with one attached hydrogen (secondary N) is 1. The van der Waals surface area contributed by atoms with Crippen LogP contribution in [0, 0.1) is 20.8 Å². The van der Waals surface area contributed by atoms with Gasteiger partial charge in [-0.05, 0) is 55.5 Å². The molecule has 0 unspecified atom stereocenters. The van der Waals surface area contributed by atoms with Crippen molar-refractivity contribution in [1.29, 1.82) is 0 Å². The van der Waals surface area contributed by atoms with Crippen molar-refractivity contribution in [2.75, 3.05) is 12.3 Å². The van der Waals surface area contributed by atoms with Crippen LogP contribution in [0.3, 0.4) is 0 Å². The van der Waals surface area contributed by atoms with E-state index in [0.29, 0.717) is 13.0 Å². The van der Waals surface area contributed by atoms with Crippen molar-refractivity contribution in [2.24, 2.45) is 0 Å². The van der Waals surface area contributed by atoms with E-state index in [1.807, 2.05) is 18.4 Å². The van der Waals surface area contributed by atoms with Crippen molar-refractivity contribution in [1.82, 2.24) is 10.3 Å². The molecule has 1 N–H and O–H groups in total. The summed E-state index contributed by atoms with van der Waals surface area (Å²) in [6.45, 7) is 6.91. The molecule has 1 amide bonds. The second-order valence-corrected chi connectivity index (χ2v) is 9.51. The molecule has 136 valence electrons. The summed E-state index contributed by atoms with van der Waals surface area (Å²) >= 11 is 5.04.